The maximum Gasteiger partial charge on any atom is 0.259 e. The van der Waals surface area contributed by atoms with Gasteiger partial charge in [-0.05, 0) is 53.1 Å². The van der Waals surface area contributed by atoms with Gasteiger partial charge in [0.25, 0.3) is 5.91 Å². The lowest BCUT2D eigenvalue weighted by Crippen LogP contribution is -2.51. The largest absolute Gasteiger partial charge is 0.379 e. The van der Waals surface area contributed by atoms with Crippen molar-refractivity contribution in [3.63, 3.8) is 0 Å². The number of hydrogen-bond donors (Lipinski definition) is 1. The third-order valence-electron chi connectivity index (χ3n) is 7.28. The van der Waals surface area contributed by atoms with Gasteiger partial charge in [0.05, 0.1) is 20.3 Å². The number of piperidine rings is 1. The van der Waals surface area contributed by atoms with E-state index in [2.05, 4.69) is 16.8 Å². The first kappa shape index (κ1) is 21.7. The summed E-state index contributed by atoms with van der Waals surface area (Å²) < 4.78 is 29.5. The van der Waals surface area contributed by atoms with E-state index in [9.17, 15) is 9.59 Å². The highest BCUT2D eigenvalue weighted by atomic mass is 19.1. The summed E-state index contributed by atoms with van der Waals surface area (Å²) in [6, 6.07) is 12.8. The summed E-state index contributed by atoms with van der Waals surface area (Å²) in [5.41, 5.74) is 3.94. The van der Waals surface area contributed by atoms with Crippen LogP contribution in [0.5, 0.6) is 0 Å². The Hall–Kier alpha value is -3.55. The number of anilines is 1. The van der Waals surface area contributed by atoms with E-state index in [0.717, 1.165) is 29.6 Å². The molecule has 0 saturated carbocycles. The fraction of sp³-hybridized carbons (Fsp3) is 0.310. The van der Waals surface area contributed by atoms with E-state index in [-0.39, 0.29) is 18.1 Å². The summed E-state index contributed by atoms with van der Waals surface area (Å²) in [6.07, 6.45) is 0.963. The van der Waals surface area contributed by atoms with Crippen LogP contribution in [-0.2, 0) is 22.5 Å². The maximum absolute atomic E-state index is 15.2. The van der Waals surface area contributed by atoms with Crippen molar-refractivity contribution in [2.75, 3.05) is 31.2 Å². The average Bonchev–Trinajstić information content (AvgIpc) is 3.19. The minimum Gasteiger partial charge on any atom is -0.379 e. The first-order chi connectivity index (χ1) is 17.8. The van der Waals surface area contributed by atoms with E-state index >= 15 is 4.39 Å². The number of nitrogens with zero attached hydrogens (tertiary/aromatic N) is 2. The van der Waals surface area contributed by atoms with Crippen molar-refractivity contribution >= 4 is 28.3 Å². The van der Waals surface area contributed by atoms with E-state index in [1.807, 2.05) is 24.3 Å². The number of morpholine rings is 1. The van der Waals surface area contributed by atoms with Crippen LogP contribution in [0.15, 0.2) is 60.8 Å². The van der Waals surface area contributed by atoms with Crippen molar-refractivity contribution in [1.29, 1.82) is 0 Å². The Morgan fingerprint density at radius 2 is 1.92 bits per heavy atom. The van der Waals surface area contributed by atoms with Crippen molar-refractivity contribution in [3.05, 3.63) is 88.9 Å². The first-order valence-corrected chi connectivity index (χ1v) is 12.3. The number of ether oxygens (including phenoxy) is 1. The van der Waals surface area contributed by atoms with Gasteiger partial charge in [-0.2, -0.15) is 0 Å². The molecule has 0 bridgehead atoms. The quantitative estimate of drug-likeness (QED) is 0.589. The lowest BCUT2D eigenvalue weighted by atomic mass is 9.95. The standard InChI is InChI=1S/C29H28FN3O3/c1-18-5-9-26(28(34)31-18)33-25-10-8-20(22-3-2-4-23(27(22)25)29(33)35)16-21-7-6-19(15-24(21)30)17-32-11-13-36-14-12-32/h2-4,6-8,10,15,26H,1,5,9,11-14,16-17H2,(H,31,34)/t26-/m0/s1/i26D. The molecule has 3 aromatic carbocycles. The molecule has 0 spiro atoms. The number of halogens is 1. The van der Waals surface area contributed by atoms with Crippen molar-refractivity contribution in [2.45, 2.75) is 31.8 Å². The van der Waals surface area contributed by atoms with Gasteiger partial charge < -0.3 is 10.1 Å². The number of hydrogen-bond acceptors (Lipinski definition) is 4. The van der Waals surface area contributed by atoms with Crippen LogP contribution in [-0.4, -0.2) is 49.0 Å². The Labute approximate surface area is 210 Å². The number of carbonyl (C=O) groups excluding carboxylic acids is 2. The predicted octanol–water partition coefficient (Wildman–Crippen LogP) is 4.15. The first-order valence-electron chi connectivity index (χ1n) is 12.8. The third kappa shape index (κ3) is 3.98. The van der Waals surface area contributed by atoms with Gasteiger partial charge in [0, 0.05) is 42.7 Å². The van der Waals surface area contributed by atoms with Gasteiger partial charge in [-0.25, -0.2) is 4.39 Å². The molecule has 6 rings (SSSR count). The summed E-state index contributed by atoms with van der Waals surface area (Å²) in [7, 11) is 0. The summed E-state index contributed by atoms with van der Waals surface area (Å²) >= 11 is 0. The van der Waals surface area contributed by atoms with E-state index < -0.39 is 11.9 Å². The second-order valence-electron chi connectivity index (χ2n) is 9.61. The fourth-order valence-electron chi connectivity index (χ4n) is 5.41. The molecule has 3 aromatic rings. The zero-order valence-electron chi connectivity index (χ0n) is 21.0. The SMILES string of the molecule is [2H][C@]1(N2C(=O)c3cccc4c(Cc5ccc(CN6CCOCC6)cc5F)ccc2c34)CCC(=C)NC1=O. The topological polar surface area (TPSA) is 61.9 Å². The van der Waals surface area contributed by atoms with Crippen LogP contribution in [0, 0.1) is 5.82 Å². The number of nitrogens with one attached hydrogen (secondary N) is 1. The van der Waals surface area contributed by atoms with Crippen LogP contribution in [0.2, 0.25) is 0 Å². The molecule has 2 amide bonds. The number of carbonyl (C=O) groups is 2. The number of benzene rings is 3. The van der Waals surface area contributed by atoms with Crippen LogP contribution in [0.1, 0.15) is 41.3 Å². The van der Waals surface area contributed by atoms with E-state index in [1.54, 1.807) is 24.3 Å². The monoisotopic (exact) mass is 486 g/mol. The molecule has 2 fully saturated rings. The highest BCUT2D eigenvalue weighted by molar-refractivity contribution is 6.27. The lowest BCUT2D eigenvalue weighted by Gasteiger charge is -2.31. The lowest BCUT2D eigenvalue weighted by molar-refractivity contribution is -0.122. The number of amides is 2. The molecule has 1 N–H and O–H groups in total. The Bertz CT molecular complexity index is 1450. The highest BCUT2D eigenvalue weighted by Crippen LogP contribution is 2.41. The number of rotatable bonds is 5. The minimum atomic E-state index is -1.76. The molecule has 184 valence electrons. The second-order valence-corrected chi connectivity index (χ2v) is 9.61. The molecule has 6 nitrogen and oxygen atoms in total. The van der Waals surface area contributed by atoms with Crippen LogP contribution < -0.4 is 10.2 Å². The minimum absolute atomic E-state index is 0.169. The maximum atomic E-state index is 15.2. The molecule has 3 aliphatic rings. The Kier molecular flexibility index (Phi) is 5.52. The van der Waals surface area contributed by atoms with Gasteiger partial charge in [0.15, 0.2) is 0 Å². The molecule has 36 heavy (non-hydrogen) atoms. The fourth-order valence-corrected chi connectivity index (χ4v) is 5.41. The van der Waals surface area contributed by atoms with Gasteiger partial charge >= 0.3 is 0 Å². The van der Waals surface area contributed by atoms with Gasteiger partial charge in [0.1, 0.15) is 11.8 Å². The Morgan fingerprint density at radius 1 is 1.11 bits per heavy atom. The van der Waals surface area contributed by atoms with Crippen molar-refractivity contribution in [3.8, 4) is 0 Å². The normalized spacial score (nSPS) is 22.8. The van der Waals surface area contributed by atoms with Crippen LogP contribution in [0.4, 0.5) is 10.1 Å². The molecule has 7 heteroatoms. The van der Waals surface area contributed by atoms with Crippen LogP contribution in [0.3, 0.4) is 0 Å². The molecule has 3 aliphatic heterocycles. The van der Waals surface area contributed by atoms with E-state index in [1.165, 1.54) is 4.90 Å². The zero-order valence-corrected chi connectivity index (χ0v) is 20.0. The zero-order chi connectivity index (χ0) is 25.7. The Morgan fingerprint density at radius 3 is 2.69 bits per heavy atom. The molecular weight excluding hydrogens is 457 g/mol. The average molecular weight is 487 g/mol. The summed E-state index contributed by atoms with van der Waals surface area (Å²) in [5, 5.41) is 4.17. The molecule has 2 saturated heterocycles. The molecular formula is C29H28FN3O3. The van der Waals surface area contributed by atoms with Gasteiger partial charge in [0.2, 0.25) is 5.91 Å². The van der Waals surface area contributed by atoms with Crippen LogP contribution >= 0.6 is 0 Å². The summed E-state index contributed by atoms with van der Waals surface area (Å²) in [5.74, 6) is -1.17. The van der Waals surface area contributed by atoms with Gasteiger partial charge in [-0.1, -0.05) is 36.9 Å². The van der Waals surface area contributed by atoms with E-state index in [4.69, 9.17) is 6.11 Å². The van der Waals surface area contributed by atoms with Crippen LogP contribution in [0.25, 0.3) is 10.8 Å². The summed E-state index contributed by atoms with van der Waals surface area (Å²) in [6.45, 7) is 7.57. The number of allylic oxidation sites excluding steroid dienone is 1. The molecule has 3 heterocycles. The van der Waals surface area contributed by atoms with Crippen molar-refractivity contribution in [1.82, 2.24) is 10.2 Å². The molecule has 0 radical (unpaired) electrons. The smallest absolute Gasteiger partial charge is 0.259 e. The molecule has 0 unspecified atom stereocenters. The highest BCUT2D eigenvalue weighted by Gasteiger charge is 2.40. The van der Waals surface area contributed by atoms with Gasteiger partial charge in [-0.15, -0.1) is 0 Å². The van der Waals surface area contributed by atoms with E-state index in [0.29, 0.717) is 60.5 Å². The van der Waals surface area contributed by atoms with Crippen molar-refractivity contribution in [2.24, 2.45) is 0 Å². The predicted molar refractivity (Wildman–Crippen MR) is 136 cm³/mol. The molecule has 0 aromatic heterocycles. The molecule has 0 aliphatic carbocycles. The molecule has 1 atom stereocenters. The summed E-state index contributed by atoms with van der Waals surface area (Å²) in [4.78, 5) is 29.8. The van der Waals surface area contributed by atoms with Gasteiger partial charge in [-0.3, -0.25) is 19.4 Å². The Balaban J connectivity index is 1.32. The second kappa shape index (κ2) is 9.15. The third-order valence-corrected chi connectivity index (χ3v) is 7.28. The van der Waals surface area contributed by atoms with Crippen molar-refractivity contribution < 1.29 is 20.1 Å².